The van der Waals surface area contributed by atoms with Gasteiger partial charge < -0.3 is 5.32 Å². The maximum Gasteiger partial charge on any atom is 0.162 e. The molecule has 0 saturated heterocycles. The van der Waals surface area contributed by atoms with Gasteiger partial charge in [0, 0.05) is 17.9 Å². The summed E-state index contributed by atoms with van der Waals surface area (Å²) in [5.74, 6) is -1.59. The highest BCUT2D eigenvalue weighted by molar-refractivity contribution is 5.24. The molecule has 2 rings (SSSR count). The Morgan fingerprint density at radius 1 is 1.21 bits per heavy atom. The summed E-state index contributed by atoms with van der Waals surface area (Å²) in [5, 5.41) is 3.10. The Hall–Kier alpha value is -1.81. The first-order valence-electron chi connectivity index (χ1n) is 6.14. The Kier molecular flexibility index (Phi) is 4.22. The lowest BCUT2D eigenvalue weighted by molar-refractivity contribution is 0.486. The number of likely N-dealkylation sites (N-methyl/N-ethyl adjacent to an activating group) is 1. The molecular formula is C15H16F2N2. The van der Waals surface area contributed by atoms with Crippen LogP contribution in [0.3, 0.4) is 0 Å². The molecule has 19 heavy (non-hydrogen) atoms. The van der Waals surface area contributed by atoms with E-state index in [1.807, 2.05) is 19.1 Å². The van der Waals surface area contributed by atoms with Crippen molar-refractivity contribution in [2.75, 3.05) is 7.05 Å². The second-order valence-electron chi connectivity index (χ2n) is 4.49. The average Bonchev–Trinajstić information content (AvgIpc) is 2.42. The van der Waals surface area contributed by atoms with Crippen molar-refractivity contribution in [3.8, 4) is 0 Å². The van der Waals surface area contributed by atoms with Crippen molar-refractivity contribution >= 4 is 0 Å². The van der Waals surface area contributed by atoms with Gasteiger partial charge in [-0.1, -0.05) is 18.2 Å². The number of aromatic nitrogens is 1. The summed E-state index contributed by atoms with van der Waals surface area (Å²) in [7, 11) is 1.79. The van der Waals surface area contributed by atoms with Gasteiger partial charge in [-0.05, 0) is 43.7 Å². The Morgan fingerprint density at radius 3 is 2.63 bits per heavy atom. The number of hydrogen-bond donors (Lipinski definition) is 1. The summed E-state index contributed by atoms with van der Waals surface area (Å²) >= 11 is 0. The predicted molar refractivity (Wildman–Crippen MR) is 70.8 cm³/mol. The van der Waals surface area contributed by atoms with Crippen molar-refractivity contribution < 1.29 is 8.78 Å². The summed E-state index contributed by atoms with van der Waals surface area (Å²) in [5.41, 5.74) is 2.24. The van der Waals surface area contributed by atoms with Crippen LogP contribution in [-0.4, -0.2) is 12.0 Å². The third kappa shape index (κ3) is 3.15. The summed E-state index contributed by atoms with van der Waals surface area (Å²) < 4.78 is 26.8. The van der Waals surface area contributed by atoms with E-state index < -0.39 is 11.6 Å². The van der Waals surface area contributed by atoms with Crippen LogP contribution in [0.25, 0.3) is 0 Å². The van der Waals surface area contributed by atoms with Crippen molar-refractivity contribution in [3.63, 3.8) is 0 Å². The number of nitrogens with zero attached hydrogens (tertiary/aromatic N) is 1. The van der Waals surface area contributed by atoms with Crippen LogP contribution in [-0.2, 0) is 6.42 Å². The molecule has 0 bridgehead atoms. The second kappa shape index (κ2) is 5.89. The fourth-order valence-electron chi connectivity index (χ4n) is 2.00. The molecule has 0 saturated carbocycles. The number of nitrogens with one attached hydrogen (secondary N) is 1. The molecule has 0 aliphatic rings. The standard InChI is InChI=1S/C15H16F2N2/c1-10-6-7-12(9-19-10)14(18-2)8-11-4-3-5-13(16)15(11)17/h3-7,9,14,18H,8H2,1-2H3. The molecule has 100 valence electrons. The first kappa shape index (κ1) is 13.6. The van der Waals surface area contributed by atoms with E-state index in [0.717, 1.165) is 17.3 Å². The van der Waals surface area contributed by atoms with Gasteiger partial charge in [0.05, 0.1) is 0 Å². The van der Waals surface area contributed by atoms with E-state index in [4.69, 9.17) is 0 Å². The normalized spacial score (nSPS) is 12.4. The van der Waals surface area contributed by atoms with Crippen LogP contribution in [0.1, 0.15) is 22.9 Å². The van der Waals surface area contributed by atoms with E-state index in [2.05, 4.69) is 10.3 Å². The van der Waals surface area contributed by atoms with Gasteiger partial charge in [0.1, 0.15) is 0 Å². The molecule has 1 N–H and O–H groups in total. The molecule has 0 amide bonds. The first-order valence-corrected chi connectivity index (χ1v) is 6.14. The minimum atomic E-state index is -0.811. The fourth-order valence-corrected chi connectivity index (χ4v) is 2.00. The van der Waals surface area contributed by atoms with E-state index in [1.54, 1.807) is 19.3 Å². The minimum absolute atomic E-state index is 0.0931. The van der Waals surface area contributed by atoms with Crippen molar-refractivity contribution in [1.82, 2.24) is 10.3 Å². The van der Waals surface area contributed by atoms with Crippen LogP contribution >= 0.6 is 0 Å². The largest absolute Gasteiger partial charge is 0.313 e. The Morgan fingerprint density at radius 2 is 2.00 bits per heavy atom. The van der Waals surface area contributed by atoms with Gasteiger partial charge in [-0.25, -0.2) is 8.78 Å². The molecular weight excluding hydrogens is 246 g/mol. The molecule has 1 aromatic heterocycles. The SMILES string of the molecule is CNC(Cc1cccc(F)c1F)c1ccc(C)nc1. The highest BCUT2D eigenvalue weighted by atomic mass is 19.2. The molecule has 1 aromatic carbocycles. The third-order valence-corrected chi connectivity index (χ3v) is 3.14. The summed E-state index contributed by atoms with van der Waals surface area (Å²) in [6, 6.07) is 8.01. The maximum absolute atomic E-state index is 13.7. The molecule has 0 fully saturated rings. The zero-order chi connectivity index (χ0) is 13.8. The third-order valence-electron chi connectivity index (χ3n) is 3.14. The van der Waals surface area contributed by atoms with E-state index in [9.17, 15) is 8.78 Å². The maximum atomic E-state index is 13.7. The lowest BCUT2D eigenvalue weighted by Crippen LogP contribution is -2.19. The minimum Gasteiger partial charge on any atom is -0.313 e. The quantitative estimate of drug-likeness (QED) is 0.915. The first-order chi connectivity index (χ1) is 9.11. The van der Waals surface area contributed by atoms with Crippen molar-refractivity contribution in [3.05, 3.63) is 65.0 Å². The Bertz CT molecular complexity index is 553. The number of benzene rings is 1. The molecule has 1 heterocycles. The lowest BCUT2D eigenvalue weighted by Gasteiger charge is -2.17. The van der Waals surface area contributed by atoms with E-state index in [-0.39, 0.29) is 6.04 Å². The van der Waals surface area contributed by atoms with Gasteiger partial charge in [-0.2, -0.15) is 0 Å². The number of hydrogen-bond acceptors (Lipinski definition) is 2. The topological polar surface area (TPSA) is 24.9 Å². The molecule has 1 atom stereocenters. The zero-order valence-corrected chi connectivity index (χ0v) is 11.0. The number of pyridine rings is 1. The molecule has 0 spiro atoms. The number of halogens is 2. The second-order valence-corrected chi connectivity index (χ2v) is 4.49. The van der Waals surface area contributed by atoms with Crippen molar-refractivity contribution in [2.24, 2.45) is 0 Å². The summed E-state index contributed by atoms with van der Waals surface area (Å²) in [6.45, 7) is 1.91. The predicted octanol–water partition coefficient (Wildman–Crippen LogP) is 3.17. The van der Waals surface area contributed by atoms with E-state index >= 15 is 0 Å². The average molecular weight is 262 g/mol. The Labute approximate surface area is 111 Å². The number of rotatable bonds is 4. The van der Waals surface area contributed by atoms with Crippen LogP contribution in [0, 0.1) is 18.6 Å². The highest BCUT2D eigenvalue weighted by Crippen LogP contribution is 2.20. The van der Waals surface area contributed by atoms with Gasteiger partial charge in [0.2, 0.25) is 0 Å². The van der Waals surface area contributed by atoms with Crippen LogP contribution in [0.2, 0.25) is 0 Å². The highest BCUT2D eigenvalue weighted by Gasteiger charge is 2.15. The van der Waals surface area contributed by atoms with Crippen LogP contribution < -0.4 is 5.32 Å². The monoisotopic (exact) mass is 262 g/mol. The van der Waals surface area contributed by atoms with Gasteiger partial charge in [-0.3, -0.25) is 4.98 Å². The van der Waals surface area contributed by atoms with E-state index in [1.165, 1.54) is 6.07 Å². The summed E-state index contributed by atoms with van der Waals surface area (Å²) in [6.07, 6.45) is 2.14. The molecule has 2 aromatic rings. The molecule has 2 nitrogen and oxygen atoms in total. The summed E-state index contributed by atoms with van der Waals surface area (Å²) in [4.78, 5) is 4.22. The van der Waals surface area contributed by atoms with Gasteiger partial charge >= 0.3 is 0 Å². The molecule has 1 unspecified atom stereocenters. The van der Waals surface area contributed by atoms with Gasteiger partial charge in [-0.15, -0.1) is 0 Å². The number of aryl methyl sites for hydroxylation is 1. The molecule has 0 aliphatic heterocycles. The Balaban J connectivity index is 2.24. The van der Waals surface area contributed by atoms with Crippen LogP contribution in [0.4, 0.5) is 8.78 Å². The smallest absolute Gasteiger partial charge is 0.162 e. The molecule has 0 radical (unpaired) electrons. The fraction of sp³-hybridized carbons (Fsp3) is 0.267. The van der Waals surface area contributed by atoms with E-state index in [0.29, 0.717) is 12.0 Å². The van der Waals surface area contributed by atoms with Gasteiger partial charge in [0.15, 0.2) is 11.6 Å². The van der Waals surface area contributed by atoms with Crippen LogP contribution in [0.5, 0.6) is 0 Å². The van der Waals surface area contributed by atoms with Crippen LogP contribution in [0.15, 0.2) is 36.5 Å². The zero-order valence-electron chi connectivity index (χ0n) is 11.0. The molecule has 0 aliphatic carbocycles. The van der Waals surface area contributed by atoms with Crippen molar-refractivity contribution in [1.29, 1.82) is 0 Å². The van der Waals surface area contributed by atoms with Crippen molar-refractivity contribution in [2.45, 2.75) is 19.4 Å². The lowest BCUT2D eigenvalue weighted by atomic mass is 9.99. The molecule has 4 heteroatoms. The van der Waals surface area contributed by atoms with Gasteiger partial charge in [0.25, 0.3) is 0 Å².